The van der Waals surface area contributed by atoms with E-state index in [1.54, 1.807) is 17.6 Å². The molecule has 0 atom stereocenters. The minimum atomic E-state index is -3.45. The zero-order valence-corrected chi connectivity index (χ0v) is 8.23. The Balaban J connectivity index is 2.49. The number of thiazole rings is 1. The molecule has 13 heavy (non-hydrogen) atoms. The summed E-state index contributed by atoms with van der Waals surface area (Å²) in [7, 11) is -3.45. The maximum atomic E-state index is 11.0. The maximum Gasteiger partial charge on any atom is 0.225 e. The number of nitriles is 1. The molecular weight excluding hydrogens is 210 g/mol. The molecular formula is C6H7N3O2S2. The van der Waals surface area contributed by atoms with Gasteiger partial charge in [-0.1, -0.05) is 0 Å². The van der Waals surface area contributed by atoms with Crippen LogP contribution in [0.1, 0.15) is 5.01 Å². The molecule has 1 aromatic rings. The third-order valence-electron chi connectivity index (χ3n) is 1.18. The molecule has 0 aromatic carbocycles. The number of sulfonamides is 1. The Kier molecular flexibility index (Phi) is 3.36. The lowest BCUT2D eigenvalue weighted by molar-refractivity contribution is 0.584. The summed E-state index contributed by atoms with van der Waals surface area (Å²) in [4.78, 5) is 3.89. The first-order valence-electron chi connectivity index (χ1n) is 3.37. The maximum absolute atomic E-state index is 11.0. The van der Waals surface area contributed by atoms with Gasteiger partial charge in [-0.2, -0.15) is 5.26 Å². The zero-order valence-electron chi connectivity index (χ0n) is 6.60. The molecule has 0 aliphatic rings. The number of rotatable bonds is 4. The van der Waals surface area contributed by atoms with Gasteiger partial charge in [0.25, 0.3) is 0 Å². The number of nitrogens with zero attached hydrogens (tertiary/aromatic N) is 2. The number of nitrogens with one attached hydrogen (secondary N) is 1. The first-order chi connectivity index (χ1) is 6.14. The molecule has 0 spiro atoms. The SMILES string of the molecule is N#CCS(=O)(=O)NCc1nccs1. The summed E-state index contributed by atoms with van der Waals surface area (Å²) < 4.78 is 24.2. The van der Waals surface area contributed by atoms with Crippen molar-refractivity contribution in [3.8, 4) is 6.07 Å². The molecule has 1 aromatic heterocycles. The van der Waals surface area contributed by atoms with Crippen molar-refractivity contribution < 1.29 is 8.42 Å². The normalized spacial score (nSPS) is 11.0. The molecule has 0 amide bonds. The highest BCUT2D eigenvalue weighted by Gasteiger charge is 2.08. The minimum absolute atomic E-state index is 0.154. The van der Waals surface area contributed by atoms with Gasteiger partial charge in [0.15, 0.2) is 5.75 Å². The smallest absolute Gasteiger partial charge is 0.225 e. The summed E-state index contributed by atoms with van der Waals surface area (Å²) >= 11 is 1.36. The van der Waals surface area contributed by atoms with Crippen LogP contribution >= 0.6 is 11.3 Å². The summed E-state index contributed by atoms with van der Waals surface area (Å²) in [6.07, 6.45) is 1.60. The summed E-state index contributed by atoms with van der Waals surface area (Å²) in [5, 5.41) is 10.6. The fourth-order valence-corrected chi connectivity index (χ4v) is 1.92. The lowest BCUT2D eigenvalue weighted by Gasteiger charge is -1.99. The first kappa shape index (κ1) is 10.1. The van der Waals surface area contributed by atoms with E-state index in [2.05, 4.69) is 9.71 Å². The van der Waals surface area contributed by atoms with Crippen LogP contribution in [0.15, 0.2) is 11.6 Å². The molecule has 0 unspecified atom stereocenters. The topological polar surface area (TPSA) is 82.8 Å². The van der Waals surface area contributed by atoms with Crippen molar-refractivity contribution in [1.29, 1.82) is 5.26 Å². The third kappa shape index (κ3) is 3.50. The van der Waals surface area contributed by atoms with E-state index in [9.17, 15) is 8.42 Å². The van der Waals surface area contributed by atoms with Crippen LogP contribution in [-0.2, 0) is 16.6 Å². The van der Waals surface area contributed by atoms with Gasteiger partial charge < -0.3 is 0 Å². The lowest BCUT2D eigenvalue weighted by atomic mass is 10.7. The van der Waals surface area contributed by atoms with Gasteiger partial charge in [0.05, 0.1) is 12.6 Å². The molecule has 70 valence electrons. The Hall–Kier alpha value is -0.970. The van der Waals surface area contributed by atoms with Gasteiger partial charge in [-0.3, -0.25) is 0 Å². The van der Waals surface area contributed by atoms with Crippen LogP contribution in [0, 0.1) is 11.3 Å². The van der Waals surface area contributed by atoms with E-state index in [1.807, 2.05) is 0 Å². The molecule has 0 aliphatic carbocycles. The van der Waals surface area contributed by atoms with Crippen LogP contribution < -0.4 is 4.72 Å². The van der Waals surface area contributed by atoms with Crippen molar-refractivity contribution >= 4 is 21.4 Å². The van der Waals surface area contributed by atoms with Crippen LogP contribution in [-0.4, -0.2) is 19.2 Å². The molecule has 0 aliphatic heterocycles. The molecule has 1 heterocycles. The minimum Gasteiger partial charge on any atom is -0.248 e. The van der Waals surface area contributed by atoms with Gasteiger partial charge in [-0.05, 0) is 0 Å². The standard InChI is InChI=1S/C6H7N3O2S2/c7-1-4-13(10,11)9-5-6-8-2-3-12-6/h2-3,9H,4-5H2. The average Bonchev–Trinajstić information content (AvgIpc) is 2.52. The summed E-state index contributed by atoms with van der Waals surface area (Å²) in [5.74, 6) is -0.516. The van der Waals surface area contributed by atoms with Crippen molar-refractivity contribution in [1.82, 2.24) is 9.71 Å². The number of hydrogen-bond donors (Lipinski definition) is 1. The van der Waals surface area contributed by atoms with Crippen LogP contribution in [0.5, 0.6) is 0 Å². The second-order valence-electron chi connectivity index (χ2n) is 2.16. The monoisotopic (exact) mass is 217 g/mol. The Morgan fingerprint density at radius 2 is 2.46 bits per heavy atom. The summed E-state index contributed by atoms with van der Waals surface area (Å²) in [5.41, 5.74) is 0. The molecule has 0 radical (unpaired) electrons. The Bertz CT molecular complexity index is 390. The quantitative estimate of drug-likeness (QED) is 0.774. The highest BCUT2D eigenvalue weighted by atomic mass is 32.2. The number of aromatic nitrogens is 1. The van der Waals surface area contributed by atoms with E-state index in [4.69, 9.17) is 5.26 Å². The van der Waals surface area contributed by atoms with Crippen molar-refractivity contribution in [2.45, 2.75) is 6.54 Å². The van der Waals surface area contributed by atoms with Crippen LogP contribution in [0.2, 0.25) is 0 Å². The molecule has 0 fully saturated rings. The van der Waals surface area contributed by atoms with Gasteiger partial charge in [0, 0.05) is 11.6 Å². The van der Waals surface area contributed by atoms with Crippen LogP contribution in [0.3, 0.4) is 0 Å². The fraction of sp³-hybridized carbons (Fsp3) is 0.333. The lowest BCUT2D eigenvalue weighted by Crippen LogP contribution is -2.25. The van der Waals surface area contributed by atoms with Gasteiger partial charge in [0.1, 0.15) is 5.01 Å². The zero-order chi connectivity index (χ0) is 9.73. The second kappa shape index (κ2) is 4.32. The largest absolute Gasteiger partial charge is 0.248 e. The van der Waals surface area contributed by atoms with Gasteiger partial charge in [-0.15, -0.1) is 11.3 Å². The highest BCUT2D eigenvalue weighted by molar-refractivity contribution is 7.89. The van der Waals surface area contributed by atoms with Crippen LogP contribution in [0.25, 0.3) is 0 Å². The van der Waals surface area contributed by atoms with Gasteiger partial charge in [-0.25, -0.2) is 18.1 Å². The van der Waals surface area contributed by atoms with Gasteiger partial charge >= 0.3 is 0 Å². The van der Waals surface area contributed by atoms with E-state index in [1.165, 1.54) is 11.3 Å². The molecule has 0 saturated heterocycles. The number of hydrogen-bond acceptors (Lipinski definition) is 5. The third-order valence-corrected chi connectivity index (χ3v) is 3.05. The van der Waals surface area contributed by atoms with Crippen LogP contribution in [0.4, 0.5) is 0 Å². The molecule has 7 heteroatoms. The Morgan fingerprint density at radius 3 is 3.00 bits per heavy atom. The van der Waals surface area contributed by atoms with E-state index in [0.29, 0.717) is 5.01 Å². The van der Waals surface area contributed by atoms with Crippen molar-refractivity contribution in [3.63, 3.8) is 0 Å². The first-order valence-corrected chi connectivity index (χ1v) is 5.90. The van der Waals surface area contributed by atoms with Gasteiger partial charge in [0.2, 0.25) is 10.0 Å². The molecule has 5 nitrogen and oxygen atoms in total. The molecule has 0 saturated carbocycles. The second-order valence-corrected chi connectivity index (χ2v) is 4.95. The van der Waals surface area contributed by atoms with Crippen molar-refractivity contribution in [2.24, 2.45) is 0 Å². The van der Waals surface area contributed by atoms with Crippen molar-refractivity contribution in [2.75, 3.05) is 5.75 Å². The Morgan fingerprint density at radius 1 is 1.69 bits per heavy atom. The summed E-state index contributed by atoms with van der Waals surface area (Å²) in [6, 6.07) is 1.57. The van der Waals surface area contributed by atoms with E-state index >= 15 is 0 Å². The molecule has 1 rings (SSSR count). The predicted octanol–water partition coefficient (Wildman–Crippen LogP) is 0.0861. The van der Waals surface area contributed by atoms with E-state index in [0.717, 1.165) is 0 Å². The average molecular weight is 217 g/mol. The fourth-order valence-electron chi connectivity index (χ4n) is 0.648. The van der Waals surface area contributed by atoms with Crippen molar-refractivity contribution in [3.05, 3.63) is 16.6 Å². The Labute approximate surface area is 80.1 Å². The predicted molar refractivity (Wildman–Crippen MR) is 48.4 cm³/mol. The van der Waals surface area contributed by atoms with E-state index < -0.39 is 15.8 Å². The molecule has 1 N–H and O–H groups in total. The highest BCUT2D eigenvalue weighted by Crippen LogP contribution is 2.03. The summed E-state index contributed by atoms with van der Waals surface area (Å²) in [6.45, 7) is 0.154. The molecule has 0 bridgehead atoms. The van der Waals surface area contributed by atoms with E-state index in [-0.39, 0.29) is 6.54 Å².